The molecule has 7 heteroatoms. The van der Waals surface area contributed by atoms with Gasteiger partial charge in [0.15, 0.2) is 5.58 Å². The van der Waals surface area contributed by atoms with E-state index in [4.69, 9.17) is 10.2 Å². The molecular formula is C12H11N3O3S. The van der Waals surface area contributed by atoms with E-state index in [0.717, 1.165) is 11.8 Å². The van der Waals surface area contributed by atoms with Gasteiger partial charge in [0.05, 0.1) is 0 Å². The van der Waals surface area contributed by atoms with Crippen molar-refractivity contribution in [3.05, 3.63) is 24.1 Å². The molecule has 0 unspecified atom stereocenters. The molecule has 0 bridgehead atoms. The van der Waals surface area contributed by atoms with Gasteiger partial charge in [-0.15, -0.1) is 0 Å². The molecule has 0 atom stereocenters. The highest BCUT2D eigenvalue weighted by atomic mass is 32.2. The lowest BCUT2D eigenvalue weighted by Gasteiger charge is -2.22. The second kappa shape index (κ2) is 4.58. The van der Waals surface area contributed by atoms with E-state index in [9.17, 15) is 9.59 Å². The first kappa shape index (κ1) is 12.0. The first-order valence-electron chi connectivity index (χ1n) is 5.75. The van der Waals surface area contributed by atoms with Gasteiger partial charge in [-0.25, -0.2) is 4.98 Å². The van der Waals surface area contributed by atoms with Crippen LogP contribution in [0.5, 0.6) is 0 Å². The third-order valence-electron chi connectivity index (χ3n) is 2.81. The van der Waals surface area contributed by atoms with Crippen molar-refractivity contribution in [2.75, 3.05) is 11.5 Å². The first-order chi connectivity index (χ1) is 9.13. The molecule has 6 nitrogen and oxygen atoms in total. The van der Waals surface area contributed by atoms with Crippen LogP contribution in [0.25, 0.3) is 11.1 Å². The Bertz CT molecular complexity index is 651. The number of carbonyl (C=O) groups excluding carboxylic acids is 2. The molecule has 0 radical (unpaired) electrons. The number of thioether (sulfide) groups is 1. The van der Waals surface area contributed by atoms with Crippen LogP contribution in [-0.4, -0.2) is 26.8 Å². The van der Waals surface area contributed by atoms with E-state index in [1.165, 1.54) is 4.90 Å². The molecule has 1 aromatic heterocycles. The monoisotopic (exact) mass is 277 g/mol. The van der Waals surface area contributed by atoms with Crippen LogP contribution >= 0.6 is 11.8 Å². The summed E-state index contributed by atoms with van der Waals surface area (Å²) >= 11 is 1.14. The summed E-state index contributed by atoms with van der Waals surface area (Å²) in [7, 11) is 0. The van der Waals surface area contributed by atoms with Crippen LogP contribution in [0.4, 0.5) is 10.5 Å². The normalized spacial score (nSPS) is 16.3. The fourth-order valence-corrected chi connectivity index (χ4v) is 2.66. The van der Waals surface area contributed by atoms with Crippen LogP contribution < -0.4 is 5.73 Å². The molecule has 0 aliphatic carbocycles. The zero-order valence-corrected chi connectivity index (χ0v) is 10.8. The fraction of sp³-hybridized carbons (Fsp3) is 0.250. The molecule has 1 fully saturated rings. The molecule has 98 valence electrons. The Morgan fingerprint density at radius 3 is 3.05 bits per heavy atom. The lowest BCUT2D eigenvalue weighted by molar-refractivity contribution is -0.128. The van der Waals surface area contributed by atoms with E-state index in [-0.39, 0.29) is 17.7 Å². The number of carbonyl (C=O) groups is 2. The molecule has 2 heterocycles. The summed E-state index contributed by atoms with van der Waals surface area (Å²) in [6.07, 6.45) is 0.365. The average Bonchev–Trinajstić information content (AvgIpc) is 2.75. The van der Waals surface area contributed by atoms with Gasteiger partial charge in [0.25, 0.3) is 5.24 Å². The van der Waals surface area contributed by atoms with Gasteiger partial charge >= 0.3 is 0 Å². The highest BCUT2D eigenvalue weighted by Crippen LogP contribution is 2.23. The Kier molecular flexibility index (Phi) is 2.90. The molecule has 1 aliphatic heterocycles. The molecule has 2 amide bonds. The molecule has 1 saturated heterocycles. The summed E-state index contributed by atoms with van der Waals surface area (Å²) in [6, 6.07) is 5.13. The summed E-state index contributed by atoms with van der Waals surface area (Å²) in [6.45, 7) is 0.0687. The van der Waals surface area contributed by atoms with Crippen LogP contribution in [-0.2, 0) is 11.3 Å². The molecule has 3 rings (SSSR count). The summed E-state index contributed by atoms with van der Waals surface area (Å²) in [5, 5.41) is -0.252. The number of hydrogen-bond donors (Lipinski definition) is 1. The van der Waals surface area contributed by atoms with Crippen molar-refractivity contribution in [2.45, 2.75) is 13.0 Å². The maximum absolute atomic E-state index is 11.7. The summed E-state index contributed by atoms with van der Waals surface area (Å²) in [5.41, 5.74) is 7.45. The van der Waals surface area contributed by atoms with Crippen LogP contribution in [0.15, 0.2) is 22.6 Å². The third kappa shape index (κ3) is 2.28. The maximum atomic E-state index is 11.7. The van der Waals surface area contributed by atoms with Crippen molar-refractivity contribution >= 4 is 39.7 Å². The predicted octanol–water partition coefficient (Wildman–Crippen LogP) is 2.00. The van der Waals surface area contributed by atoms with Crippen LogP contribution in [0.1, 0.15) is 12.3 Å². The molecular weight excluding hydrogens is 266 g/mol. The molecule has 1 aliphatic rings. The quantitative estimate of drug-likeness (QED) is 0.844. The SMILES string of the molecule is Nc1ccc2nc(CN3C(=O)CCSC3=O)oc2c1. The van der Waals surface area contributed by atoms with Crippen molar-refractivity contribution in [1.29, 1.82) is 0 Å². The van der Waals surface area contributed by atoms with E-state index in [1.54, 1.807) is 18.2 Å². The maximum Gasteiger partial charge on any atom is 0.288 e. The zero-order valence-electron chi connectivity index (χ0n) is 9.96. The van der Waals surface area contributed by atoms with Gasteiger partial charge in [-0.1, -0.05) is 11.8 Å². The van der Waals surface area contributed by atoms with Gasteiger partial charge in [-0.2, -0.15) is 0 Å². The highest BCUT2D eigenvalue weighted by molar-refractivity contribution is 8.13. The van der Waals surface area contributed by atoms with Crippen LogP contribution in [0.2, 0.25) is 0 Å². The minimum absolute atomic E-state index is 0.0687. The first-order valence-corrected chi connectivity index (χ1v) is 6.74. The van der Waals surface area contributed by atoms with Crippen LogP contribution in [0.3, 0.4) is 0 Å². The second-order valence-corrected chi connectivity index (χ2v) is 5.23. The number of hydrogen-bond acceptors (Lipinski definition) is 6. The predicted molar refractivity (Wildman–Crippen MR) is 71.4 cm³/mol. The Morgan fingerprint density at radius 1 is 1.42 bits per heavy atom. The van der Waals surface area contributed by atoms with Gasteiger partial charge in [-0.05, 0) is 12.1 Å². The molecule has 2 aromatic rings. The van der Waals surface area contributed by atoms with E-state index >= 15 is 0 Å². The molecule has 19 heavy (non-hydrogen) atoms. The number of nitrogens with zero attached hydrogens (tertiary/aromatic N) is 2. The van der Waals surface area contributed by atoms with Crippen LogP contribution in [0, 0.1) is 0 Å². The molecule has 0 saturated carbocycles. The average molecular weight is 277 g/mol. The Morgan fingerprint density at radius 2 is 2.26 bits per heavy atom. The number of anilines is 1. The minimum Gasteiger partial charge on any atom is -0.439 e. The number of nitrogens with two attached hydrogens (primary N) is 1. The zero-order chi connectivity index (χ0) is 13.4. The second-order valence-electron chi connectivity index (χ2n) is 4.18. The molecule has 0 spiro atoms. The van der Waals surface area contributed by atoms with Crippen molar-refractivity contribution in [2.24, 2.45) is 0 Å². The number of amides is 2. The topological polar surface area (TPSA) is 89.4 Å². The fourth-order valence-electron chi connectivity index (χ4n) is 1.88. The number of benzene rings is 1. The van der Waals surface area contributed by atoms with Gasteiger partial charge < -0.3 is 10.2 Å². The number of aromatic nitrogens is 1. The van der Waals surface area contributed by atoms with Gasteiger partial charge in [0.1, 0.15) is 12.1 Å². The number of nitrogen functional groups attached to an aromatic ring is 1. The van der Waals surface area contributed by atoms with Crippen molar-refractivity contribution < 1.29 is 14.0 Å². The lowest BCUT2D eigenvalue weighted by atomic mass is 10.3. The van der Waals surface area contributed by atoms with E-state index in [1.807, 2.05) is 0 Å². The number of oxazole rings is 1. The number of imide groups is 1. The third-order valence-corrected chi connectivity index (χ3v) is 3.69. The van der Waals surface area contributed by atoms with E-state index in [2.05, 4.69) is 4.98 Å². The van der Waals surface area contributed by atoms with Crippen molar-refractivity contribution in [3.63, 3.8) is 0 Å². The largest absolute Gasteiger partial charge is 0.439 e. The molecule has 1 aromatic carbocycles. The van der Waals surface area contributed by atoms with Gasteiger partial charge in [-0.3, -0.25) is 14.5 Å². The van der Waals surface area contributed by atoms with Gasteiger partial charge in [0.2, 0.25) is 11.8 Å². The Labute approximate surface area is 112 Å². The van der Waals surface area contributed by atoms with Gasteiger partial charge in [0, 0.05) is 23.9 Å². The smallest absolute Gasteiger partial charge is 0.288 e. The van der Waals surface area contributed by atoms with Crippen molar-refractivity contribution in [3.8, 4) is 0 Å². The summed E-state index contributed by atoms with van der Waals surface area (Å²) in [4.78, 5) is 28.7. The number of rotatable bonds is 2. The standard InChI is InChI=1S/C12H11N3O3S/c13-7-1-2-8-9(5-7)18-10(14-8)6-15-11(16)3-4-19-12(15)17/h1-2,5H,3-4,6,13H2. The lowest BCUT2D eigenvalue weighted by Crippen LogP contribution is -2.37. The minimum atomic E-state index is -0.252. The number of fused-ring (bicyclic) bond motifs is 1. The van der Waals surface area contributed by atoms with E-state index < -0.39 is 0 Å². The summed E-state index contributed by atoms with van der Waals surface area (Å²) < 4.78 is 5.50. The highest BCUT2D eigenvalue weighted by Gasteiger charge is 2.28. The summed E-state index contributed by atoms with van der Waals surface area (Å²) in [5.74, 6) is 0.688. The van der Waals surface area contributed by atoms with E-state index in [0.29, 0.717) is 34.9 Å². The Balaban J connectivity index is 1.88. The molecule has 2 N–H and O–H groups in total. The van der Waals surface area contributed by atoms with Crippen molar-refractivity contribution in [1.82, 2.24) is 9.88 Å². The Hall–Kier alpha value is -2.02.